The number of fused-ring (bicyclic) bond motifs is 2. The maximum absolute atomic E-state index is 13.6. The topological polar surface area (TPSA) is 135 Å². The van der Waals surface area contributed by atoms with E-state index in [0.29, 0.717) is 35.2 Å². The third kappa shape index (κ3) is 7.63. The molecular weight excluding hydrogens is 649 g/mol. The van der Waals surface area contributed by atoms with Crippen LogP contribution < -0.4 is 14.2 Å². The van der Waals surface area contributed by atoms with Crippen LogP contribution in [0.4, 0.5) is 18.9 Å². The molecule has 0 radical (unpaired) electrons. The fourth-order valence-electron chi connectivity index (χ4n) is 5.42. The van der Waals surface area contributed by atoms with Crippen molar-refractivity contribution in [3.8, 4) is 11.4 Å². The van der Waals surface area contributed by atoms with Gasteiger partial charge in [-0.3, -0.25) is 9.11 Å². The molecule has 0 spiro atoms. The van der Waals surface area contributed by atoms with Crippen LogP contribution in [0.15, 0.2) is 79.0 Å². The van der Waals surface area contributed by atoms with Crippen LogP contribution >= 0.6 is 0 Å². The van der Waals surface area contributed by atoms with E-state index >= 15 is 0 Å². The van der Waals surface area contributed by atoms with Gasteiger partial charge in [0.25, 0.3) is 26.1 Å². The molecule has 0 saturated carbocycles. The van der Waals surface area contributed by atoms with Crippen molar-refractivity contribution in [1.29, 1.82) is 0 Å². The van der Waals surface area contributed by atoms with E-state index in [1.807, 2.05) is 48.1 Å². The summed E-state index contributed by atoms with van der Waals surface area (Å²) < 4.78 is 116. The Morgan fingerprint density at radius 3 is 2.24 bits per heavy atom. The average Bonchev–Trinajstić information content (AvgIpc) is 3.68. The van der Waals surface area contributed by atoms with E-state index < -0.39 is 43.5 Å². The smallest absolute Gasteiger partial charge is 0.416 e. The Morgan fingerprint density at radius 2 is 1.61 bits per heavy atom. The number of ether oxygens (including phenoxy) is 1. The minimum Gasteiger partial charge on any atom is -0.439 e. The van der Waals surface area contributed by atoms with Crippen molar-refractivity contribution in [2.24, 2.45) is 0 Å². The zero-order chi connectivity index (χ0) is 33.3. The first-order valence-corrected chi connectivity index (χ1v) is 17.5. The molecule has 246 valence electrons. The van der Waals surface area contributed by atoms with Crippen molar-refractivity contribution in [2.75, 3.05) is 23.0 Å². The Bertz CT molecular complexity index is 2020. The fourth-order valence-corrected chi connectivity index (χ4v) is 6.41. The van der Waals surface area contributed by atoms with Crippen LogP contribution in [0.5, 0.6) is 5.75 Å². The predicted molar refractivity (Wildman–Crippen MR) is 166 cm³/mol. The van der Waals surface area contributed by atoms with Crippen LogP contribution in [0, 0.1) is 0 Å². The first-order chi connectivity index (χ1) is 21.6. The summed E-state index contributed by atoms with van der Waals surface area (Å²) in [7, 11) is -8.49. The number of hydrogen-bond acceptors (Lipinski definition) is 6. The molecule has 0 bridgehead atoms. The molecule has 0 unspecified atom stereocenters. The molecule has 16 heteroatoms. The molecule has 4 aromatic rings. The summed E-state index contributed by atoms with van der Waals surface area (Å²) in [6, 6.07) is 12.6. The minimum atomic E-state index is -4.59. The van der Waals surface area contributed by atoms with E-state index in [1.165, 1.54) is 6.07 Å². The van der Waals surface area contributed by atoms with Crippen LogP contribution in [-0.2, 0) is 39.5 Å². The van der Waals surface area contributed by atoms with E-state index in [2.05, 4.69) is 0 Å². The quantitative estimate of drug-likeness (QED) is 0.157. The Hall–Kier alpha value is -4.12. The molecule has 11 nitrogen and oxygen atoms in total. The van der Waals surface area contributed by atoms with Crippen molar-refractivity contribution < 1.29 is 48.4 Å². The van der Waals surface area contributed by atoms with Gasteiger partial charge in [-0.15, -0.1) is 0 Å². The standard InChI is InChI=1S/C30H31F3N4O7S2/c1-2-35-24-12-10-22(30(31,32)33)20-25(24)36(16-6-18-45(38,39)40)28(35)8-5-9-29-37(17-7-19-46(41,42)43)26-21-23(11-13-27(26)44-29)34-14-3-4-15-34/h3-5,8-15,20-21H,2,6-7,16-19H2,1H3,(H-,38,39,40,41,42,43)/p+1. The molecule has 3 heterocycles. The number of alkyl halides is 3. The second-order valence-electron chi connectivity index (χ2n) is 10.6. The number of rotatable bonds is 12. The summed E-state index contributed by atoms with van der Waals surface area (Å²) in [6.45, 7) is 2.40. The number of benzene rings is 2. The highest BCUT2D eigenvalue weighted by Crippen LogP contribution is 2.40. The second kappa shape index (κ2) is 12.9. The number of hydrogen-bond donors (Lipinski definition) is 2. The molecule has 2 N–H and O–H groups in total. The zero-order valence-corrected chi connectivity index (χ0v) is 26.3. The van der Waals surface area contributed by atoms with E-state index in [1.54, 1.807) is 38.3 Å². The van der Waals surface area contributed by atoms with Crippen LogP contribution in [0.2, 0.25) is 0 Å². The van der Waals surface area contributed by atoms with Gasteiger partial charge >= 0.3 is 6.18 Å². The first kappa shape index (κ1) is 33.2. The van der Waals surface area contributed by atoms with Gasteiger partial charge in [0.2, 0.25) is 5.88 Å². The number of halogens is 3. The summed E-state index contributed by atoms with van der Waals surface area (Å²) in [6.07, 6.45) is 4.11. The second-order valence-corrected chi connectivity index (χ2v) is 13.7. The van der Waals surface area contributed by atoms with Crippen LogP contribution in [-0.4, -0.2) is 53.1 Å². The molecule has 1 aliphatic rings. The van der Waals surface area contributed by atoms with Gasteiger partial charge in [-0.1, -0.05) is 0 Å². The number of anilines is 1. The molecular formula is C30H32F3N4O7S2+. The van der Waals surface area contributed by atoms with Gasteiger partial charge in [-0.05, 0) is 68.0 Å². The van der Waals surface area contributed by atoms with Gasteiger partial charge in [0.1, 0.15) is 0 Å². The van der Waals surface area contributed by atoms with Crippen molar-refractivity contribution in [3.63, 3.8) is 0 Å². The zero-order valence-electron chi connectivity index (χ0n) is 24.6. The monoisotopic (exact) mass is 681 g/mol. The molecule has 46 heavy (non-hydrogen) atoms. The van der Waals surface area contributed by atoms with E-state index in [-0.39, 0.29) is 31.4 Å². The van der Waals surface area contributed by atoms with Gasteiger partial charge in [-0.25, -0.2) is 9.13 Å². The third-order valence-corrected chi connectivity index (χ3v) is 9.03. The SMILES string of the molecule is CC[n+]1c(C=CC=C2Oc3ccc(-n4cccc4)cc3N2CCCS(=O)(=O)O)n(CCCS(=O)(=O)O)c2cc(C(F)(F)F)ccc21. The largest absolute Gasteiger partial charge is 0.439 e. The summed E-state index contributed by atoms with van der Waals surface area (Å²) in [5, 5.41) is 0. The van der Waals surface area contributed by atoms with Gasteiger partial charge in [0, 0.05) is 43.2 Å². The van der Waals surface area contributed by atoms with Gasteiger partial charge in [0.15, 0.2) is 16.8 Å². The summed E-state index contributed by atoms with van der Waals surface area (Å²) in [4.78, 5) is 1.77. The molecule has 2 aromatic carbocycles. The van der Waals surface area contributed by atoms with Crippen LogP contribution in [0.25, 0.3) is 22.8 Å². The van der Waals surface area contributed by atoms with Crippen LogP contribution in [0.1, 0.15) is 31.2 Å². The van der Waals surface area contributed by atoms with Crippen molar-refractivity contribution in [3.05, 3.63) is 90.3 Å². The lowest BCUT2D eigenvalue weighted by Gasteiger charge is -2.18. The Balaban J connectivity index is 1.53. The fraction of sp³-hybridized carbons (Fsp3) is 0.300. The van der Waals surface area contributed by atoms with E-state index in [9.17, 15) is 39.1 Å². The van der Waals surface area contributed by atoms with Gasteiger partial charge in [0.05, 0.1) is 35.8 Å². The lowest BCUT2D eigenvalue weighted by Crippen LogP contribution is -2.35. The molecule has 0 aliphatic carbocycles. The normalized spacial score (nSPS) is 14.9. The third-order valence-electron chi connectivity index (χ3n) is 7.42. The Morgan fingerprint density at radius 1 is 0.935 bits per heavy atom. The molecule has 0 fully saturated rings. The first-order valence-electron chi connectivity index (χ1n) is 14.3. The van der Waals surface area contributed by atoms with Gasteiger partial charge in [-0.2, -0.15) is 30.0 Å². The van der Waals surface area contributed by atoms with Crippen molar-refractivity contribution >= 4 is 43.0 Å². The number of aromatic nitrogens is 3. The van der Waals surface area contributed by atoms with E-state index in [4.69, 9.17) is 4.74 Å². The highest BCUT2D eigenvalue weighted by molar-refractivity contribution is 7.86. The number of nitrogens with zero attached hydrogens (tertiary/aromatic N) is 4. The minimum absolute atomic E-state index is 0.00666. The summed E-state index contributed by atoms with van der Waals surface area (Å²) in [5.41, 5.74) is 1.40. The van der Waals surface area contributed by atoms with Crippen molar-refractivity contribution in [1.82, 2.24) is 9.13 Å². The highest BCUT2D eigenvalue weighted by atomic mass is 32.2. The number of aryl methyl sites for hydroxylation is 2. The molecule has 1 aliphatic heterocycles. The van der Waals surface area contributed by atoms with E-state index in [0.717, 1.165) is 17.8 Å². The predicted octanol–water partition coefficient (Wildman–Crippen LogP) is 5.07. The molecule has 2 aromatic heterocycles. The van der Waals surface area contributed by atoms with Crippen molar-refractivity contribution in [2.45, 2.75) is 39.0 Å². The van der Waals surface area contributed by atoms with Crippen LogP contribution in [0.3, 0.4) is 0 Å². The maximum atomic E-state index is 13.6. The number of allylic oxidation sites excluding steroid dienone is 2. The molecule has 5 rings (SSSR count). The number of imidazole rings is 1. The molecule has 0 saturated heterocycles. The highest BCUT2D eigenvalue weighted by Gasteiger charge is 2.33. The molecule has 0 amide bonds. The summed E-state index contributed by atoms with van der Waals surface area (Å²) in [5.74, 6) is 0.319. The molecule has 0 atom stereocenters. The Labute approximate surface area is 263 Å². The van der Waals surface area contributed by atoms with Gasteiger partial charge < -0.3 is 14.2 Å². The lowest BCUT2D eigenvalue weighted by molar-refractivity contribution is -0.670. The maximum Gasteiger partial charge on any atom is 0.416 e. The Kier molecular flexibility index (Phi) is 9.35. The summed E-state index contributed by atoms with van der Waals surface area (Å²) >= 11 is 0. The lowest BCUT2D eigenvalue weighted by atomic mass is 10.2. The average molecular weight is 682 g/mol.